The van der Waals surface area contributed by atoms with E-state index in [1.54, 1.807) is 24.3 Å². The molecule has 0 spiro atoms. The van der Waals surface area contributed by atoms with Gasteiger partial charge in [0.15, 0.2) is 0 Å². The van der Waals surface area contributed by atoms with Crippen molar-refractivity contribution in [3.05, 3.63) is 94.6 Å². The van der Waals surface area contributed by atoms with Gasteiger partial charge in [0.1, 0.15) is 11.5 Å². The van der Waals surface area contributed by atoms with E-state index in [1.807, 2.05) is 56.3 Å². The molecule has 0 bridgehead atoms. The maximum Gasteiger partial charge on any atom is 0.300 e. The van der Waals surface area contributed by atoms with E-state index in [1.165, 1.54) is 12.0 Å². The van der Waals surface area contributed by atoms with Gasteiger partial charge in [-0.3, -0.25) is 14.5 Å². The lowest BCUT2D eigenvalue weighted by molar-refractivity contribution is -0.132. The molecule has 1 aliphatic heterocycles. The van der Waals surface area contributed by atoms with Gasteiger partial charge in [-0.05, 0) is 74.7 Å². The lowest BCUT2D eigenvalue weighted by atomic mass is 9.94. The third kappa shape index (κ3) is 4.47. The minimum atomic E-state index is -0.776. The predicted molar refractivity (Wildman–Crippen MR) is 144 cm³/mol. The number of rotatable bonds is 7. The van der Waals surface area contributed by atoms with Crippen molar-refractivity contribution in [1.29, 1.82) is 0 Å². The minimum Gasteiger partial charge on any atom is -0.507 e. The SMILES string of the molecule is CCN(CC)c1ccc(C2/C(=C(\O)c3cccc(OC)c3)C(=O)C(=O)N2c2cc(C)ccc2C)cc1. The fraction of sp³-hybridized carbons (Fsp3) is 0.267. The highest BCUT2D eigenvalue weighted by molar-refractivity contribution is 6.51. The summed E-state index contributed by atoms with van der Waals surface area (Å²) < 4.78 is 5.30. The fourth-order valence-corrected chi connectivity index (χ4v) is 4.76. The first-order valence-electron chi connectivity index (χ1n) is 12.2. The van der Waals surface area contributed by atoms with Gasteiger partial charge in [0.05, 0.1) is 18.7 Å². The van der Waals surface area contributed by atoms with Gasteiger partial charge in [-0.2, -0.15) is 0 Å². The normalized spacial score (nSPS) is 16.9. The Labute approximate surface area is 212 Å². The number of aliphatic hydroxyl groups is 1. The molecule has 3 aromatic carbocycles. The highest BCUT2D eigenvalue weighted by Gasteiger charge is 2.47. The summed E-state index contributed by atoms with van der Waals surface area (Å²) in [6.07, 6.45) is 0. The number of hydrogen-bond donors (Lipinski definition) is 1. The van der Waals surface area contributed by atoms with Crippen molar-refractivity contribution in [2.45, 2.75) is 33.7 Å². The standard InChI is InChI=1S/C30H32N2O4/c1-6-31(7-2)23-15-13-21(14-16-23)27-26(28(33)22-9-8-10-24(18-22)36-5)29(34)30(35)32(27)25-17-19(3)11-12-20(25)4/h8-18,27,33H,6-7H2,1-5H3/b28-26+. The zero-order valence-electron chi connectivity index (χ0n) is 21.4. The zero-order chi connectivity index (χ0) is 26.0. The van der Waals surface area contributed by atoms with Gasteiger partial charge in [-0.1, -0.05) is 36.4 Å². The van der Waals surface area contributed by atoms with Crippen molar-refractivity contribution in [1.82, 2.24) is 0 Å². The Balaban J connectivity index is 1.94. The van der Waals surface area contributed by atoms with Crippen LogP contribution in [0, 0.1) is 13.8 Å². The number of aryl methyl sites for hydroxylation is 2. The number of hydrogen-bond acceptors (Lipinski definition) is 5. The molecule has 36 heavy (non-hydrogen) atoms. The van der Waals surface area contributed by atoms with E-state index >= 15 is 0 Å². The Morgan fingerprint density at radius 3 is 2.31 bits per heavy atom. The maximum atomic E-state index is 13.5. The van der Waals surface area contributed by atoms with Crippen LogP contribution in [0.15, 0.2) is 72.3 Å². The summed E-state index contributed by atoms with van der Waals surface area (Å²) in [5.74, 6) is -1.05. The van der Waals surface area contributed by atoms with E-state index in [2.05, 4.69) is 18.7 Å². The molecule has 6 heteroatoms. The number of methoxy groups -OCH3 is 1. The number of ether oxygens (including phenoxy) is 1. The number of benzene rings is 3. The van der Waals surface area contributed by atoms with E-state index in [-0.39, 0.29) is 11.3 Å². The van der Waals surface area contributed by atoms with Gasteiger partial charge in [-0.15, -0.1) is 0 Å². The van der Waals surface area contributed by atoms with Crippen LogP contribution in [0.25, 0.3) is 5.76 Å². The average molecular weight is 485 g/mol. The molecule has 1 aliphatic rings. The Morgan fingerprint density at radius 2 is 1.67 bits per heavy atom. The van der Waals surface area contributed by atoms with Crippen LogP contribution in [-0.4, -0.2) is 37.0 Å². The van der Waals surface area contributed by atoms with Crippen LogP contribution in [0.5, 0.6) is 5.75 Å². The molecule has 3 aromatic rings. The predicted octanol–water partition coefficient (Wildman–Crippen LogP) is 5.78. The minimum absolute atomic E-state index is 0.0600. The highest BCUT2D eigenvalue weighted by atomic mass is 16.5. The van der Waals surface area contributed by atoms with Crippen molar-refractivity contribution in [2.24, 2.45) is 0 Å². The van der Waals surface area contributed by atoms with E-state index in [0.717, 1.165) is 35.5 Å². The summed E-state index contributed by atoms with van der Waals surface area (Å²) >= 11 is 0. The summed E-state index contributed by atoms with van der Waals surface area (Å²) in [4.78, 5) is 30.7. The number of anilines is 2. The molecule has 1 atom stereocenters. The molecule has 186 valence electrons. The molecule has 0 aromatic heterocycles. The van der Waals surface area contributed by atoms with E-state index in [9.17, 15) is 14.7 Å². The monoisotopic (exact) mass is 484 g/mol. The molecule has 1 amide bonds. The van der Waals surface area contributed by atoms with E-state index in [4.69, 9.17) is 4.74 Å². The molecule has 0 radical (unpaired) electrons. The van der Waals surface area contributed by atoms with Gasteiger partial charge >= 0.3 is 0 Å². The lowest BCUT2D eigenvalue weighted by Crippen LogP contribution is -2.30. The summed E-state index contributed by atoms with van der Waals surface area (Å²) in [6, 6.07) is 19.7. The molecular formula is C30H32N2O4. The first kappa shape index (κ1) is 25.0. The highest BCUT2D eigenvalue weighted by Crippen LogP contribution is 2.43. The molecule has 6 nitrogen and oxygen atoms in total. The number of ketones is 1. The van der Waals surface area contributed by atoms with Gasteiger partial charge < -0.3 is 14.7 Å². The number of carbonyl (C=O) groups excluding carboxylic acids is 2. The topological polar surface area (TPSA) is 70.1 Å². The first-order valence-corrected chi connectivity index (χ1v) is 12.2. The quantitative estimate of drug-likeness (QED) is 0.261. The molecule has 0 saturated carbocycles. The Kier molecular flexibility index (Phi) is 7.15. The number of nitrogens with zero attached hydrogens (tertiary/aromatic N) is 2. The number of aliphatic hydroxyl groups excluding tert-OH is 1. The van der Waals surface area contributed by atoms with Crippen LogP contribution in [0.4, 0.5) is 11.4 Å². The summed E-state index contributed by atoms with van der Waals surface area (Å²) in [5.41, 5.74) is 4.77. The zero-order valence-corrected chi connectivity index (χ0v) is 21.4. The molecule has 1 heterocycles. The molecular weight excluding hydrogens is 452 g/mol. The molecule has 1 fully saturated rings. The molecule has 1 N–H and O–H groups in total. The largest absolute Gasteiger partial charge is 0.507 e. The van der Waals surface area contributed by atoms with Gasteiger partial charge in [-0.25, -0.2) is 0 Å². The Hall–Kier alpha value is -4.06. The summed E-state index contributed by atoms with van der Waals surface area (Å²) in [7, 11) is 1.54. The van der Waals surface area contributed by atoms with Crippen LogP contribution in [0.1, 0.15) is 42.1 Å². The smallest absolute Gasteiger partial charge is 0.300 e. The van der Waals surface area contributed by atoms with Crippen LogP contribution < -0.4 is 14.5 Å². The number of Topliss-reactive ketones (excluding diaryl/α,β-unsaturated/α-hetero) is 1. The van der Waals surface area contributed by atoms with Gasteiger partial charge in [0.2, 0.25) is 0 Å². The Morgan fingerprint density at radius 1 is 0.972 bits per heavy atom. The third-order valence-corrected chi connectivity index (χ3v) is 6.75. The van der Waals surface area contributed by atoms with Crippen LogP contribution in [0.3, 0.4) is 0 Å². The first-order chi connectivity index (χ1) is 17.3. The van der Waals surface area contributed by atoms with Crippen molar-refractivity contribution >= 4 is 28.8 Å². The van der Waals surface area contributed by atoms with E-state index < -0.39 is 17.7 Å². The second kappa shape index (κ2) is 10.3. The fourth-order valence-electron chi connectivity index (χ4n) is 4.76. The number of amides is 1. The molecule has 0 aliphatic carbocycles. The van der Waals surface area contributed by atoms with Crippen LogP contribution >= 0.6 is 0 Å². The molecule has 4 rings (SSSR count). The third-order valence-electron chi connectivity index (χ3n) is 6.75. The summed E-state index contributed by atoms with van der Waals surface area (Å²) in [5, 5.41) is 11.4. The molecule has 1 unspecified atom stereocenters. The van der Waals surface area contributed by atoms with Crippen molar-refractivity contribution < 1.29 is 19.4 Å². The number of carbonyl (C=O) groups is 2. The van der Waals surface area contributed by atoms with Crippen LogP contribution in [-0.2, 0) is 9.59 Å². The van der Waals surface area contributed by atoms with Crippen molar-refractivity contribution in [3.63, 3.8) is 0 Å². The van der Waals surface area contributed by atoms with Gasteiger partial charge in [0, 0.05) is 30.0 Å². The summed E-state index contributed by atoms with van der Waals surface area (Å²) in [6.45, 7) is 9.79. The lowest BCUT2D eigenvalue weighted by Gasteiger charge is -2.28. The maximum absolute atomic E-state index is 13.5. The van der Waals surface area contributed by atoms with Crippen molar-refractivity contribution in [2.75, 3.05) is 30.0 Å². The second-order valence-corrected chi connectivity index (χ2v) is 8.95. The van der Waals surface area contributed by atoms with Crippen molar-refractivity contribution in [3.8, 4) is 5.75 Å². The van der Waals surface area contributed by atoms with Gasteiger partial charge in [0.25, 0.3) is 11.7 Å². The van der Waals surface area contributed by atoms with E-state index in [0.29, 0.717) is 17.0 Å². The Bertz CT molecular complexity index is 1320. The van der Waals surface area contributed by atoms with Crippen LogP contribution in [0.2, 0.25) is 0 Å². The second-order valence-electron chi connectivity index (χ2n) is 8.95. The average Bonchev–Trinajstić information content (AvgIpc) is 3.16. The molecule has 1 saturated heterocycles.